The van der Waals surface area contributed by atoms with Gasteiger partial charge in [-0.1, -0.05) is 11.6 Å². The summed E-state index contributed by atoms with van der Waals surface area (Å²) >= 11 is 5.55. The Morgan fingerprint density at radius 1 is 1.50 bits per heavy atom. The lowest BCUT2D eigenvalue weighted by atomic mass is 10.1. The highest BCUT2D eigenvalue weighted by Crippen LogP contribution is 2.34. The maximum absolute atomic E-state index is 12.7. The van der Waals surface area contributed by atoms with Crippen LogP contribution in [0, 0.1) is 0 Å². The number of ether oxygens (including phenoxy) is 2. The van der Waals surface area contributed by atoms with Gasteiger partial charge in [-0.2, -0.15) is 0 Å². The Morgan fingerprint density at radius 3 is 2.56 bits per heavy atom. The number of aromatic nitrogens is 1. The second kappa shape index (κ2) is 5.07. The number of halogens is 3. The molecule has 1 heterocycles. The molecule has 88 valence electrons. The fourth-order valence-electron chi connectivity index (χ4n) is 1.15. The monoisotopic (exact) mass is 251 g/mol. The lowest BCUT2D eigenvalue weighted by Crippen LogP contribution is -2.10. The van der Waals surface area contributed by atoms with Crippen LogP contribution in [0.4, 0.5) is 8.78 Å². The van der Waals surface area contributed by atoms with Crippen LogP contribution in [0.1, 0.15) is 22.3 Å². The molecule has 0 radical (unpaired) electrons. The van der Waals surface area contributed by atoms with Crippen molar-refractivity contribution in [1.29, 1.82) is 0 Å². The van der Waals surface area contributed by atoms with E-state index in [-0.39, 0.29) is 10.9 Å². The maximum atomic E-state index is 12.7. The van der Waals surface area contributed by atoms with Crippen LogP contribution in [0.3, 0.4) is 0 Å². The summed E-state index contributed by atoms with van der Waals surface area (Å²) in [7, 11) is 2.27. The van der Waals surface area contributed by atoms with E-state index in [0.717, 1.165) is 13.3 Å². The molecule has 4 nitrogen and oxygen atoms in total. The molecule has 0 aliphatic heterocycles. The maximum Gasteiger partial charge on any atom is 0.343 e. The molecule has 0 aromatic carbocycles. The quantitative estimate of drug-likeness (QED) is 0.775. The van der Waals surface area contributed by atoms with E-state index in [1.165, 1.54) is 7.11 Å². The Labute approximate surface area is 95.1 Å². The summed E-state index contributed by atoms with van der Waals surface area (Å²) in [5.41, 5.74) is -1.09. The number of carbonyl (C=O) groups excluding carboxylic acids is 1. The van der Waals surface area contributed by atoms with Gasteiger partial charge in [-0.05, 0) is 0 Å². The van der Waals surface area contributed by atoms with Gasteiger partial charge in [0.2, 0.25) is 5.88 Å². The van der Waals surface area contributed by atoms with Crippen molar-refractivity contribution in [2.24, 2.45) is 0 Å². The molecule has 0 bridgehead atoms. The van der Waals surface area contributed by atoms with Crippen molar-refractivity contribution in [2.75, 3.05) is 14.2 Å². The predicted molar refractivity (Wildman–Crippen MR) is 52.1 cm³/mol. The van der Waals surface area contributed by atoms with E-state index in [2.05, 4.69) is 9.72 Å². The molecule has 0 aliphatic carbocycles. The highest BCUT2D eigenvalue weighted by molar-refractivity contribution is 6.31. The Hall–Kier alpha value is -1.43. The normalized spacial score (nSPS) is 10.4. The Bertz CT molecular complexity index is 412. The molecule has 0 saturated heterocycles. The standard InChI is InChI=1S/C9H8ClF2NO3/c1-15-8-6(9(14)16-2)5(7(11)12)4(10)3-13-8/h3,7H,1-2H3. The van der Waals surface area contributed by atoms with Crippen LogP contribution in [0.15, 0.2) is 6.20 Å². The SMILES string of the molecule is COC(=O)c1c(OC)ncc(Cl)c1C(F)F. The Balaban J connectivity index is 3.48. The summed E-state index contributed by atoms with van der Waals surface area (Å²) in [6.07, 6.45) is -1.92. The molecule has 0 fully saturated rings. The van der Waals surface area contributed by atoms with Gasteiger partial charge in [0, 0.05) is 0 Å². The fraction of sp³-hybridized carbons (Fsp3) is 0.333. The van der Waals surface area contributed by atoms with Crippen LogP contribution in [-0.4, -0.2) is 25.2 Å². The minimum absolute atomic E-state index is 0.244. The second-order valence-corrected chi connectivity index (χ2v) is 3.10. The molecule has 1 aromatic rings. The lowest BCUT2D eigenvalue weighted by molar-refractivity contribution is 0.0584. The molecular weight excluding hydrogens is 244 g/mol. The third-order valence-corrected chi connectivity index (χ3v) is 2.14. The summed E-state index contributed by atoms with van der Waals surface area (Å²) in [5, 5.41) is -0.309. The van der Waals surface area contributed by atoms with Crippen LogP contribution in [0.5, 0.6) is 5.88 Å². The van der Waals surface area contributed by atoms with Gasteiger partial charge in [0.05, 0.1) is 31.0 Å². The number of hydrogen-bond acceptors (Lipinski definition) is 4. The van der Waals surface area contributed by atoms with E-state index < -0.39 is 23.5 Å². The number of rotatable bonds is 3. The van der Waals surface area contributed by atoms with Crippen molar-refractivity contribution in [1.82, 2.24) is 4.98 Å². The van der Waals surface area contributed by atoms with Crippen LogP contribution in [-0.2, 0) is 4.74 Å². The molecule has 0 aliphatic rings. The summed E-state index contributed by atoms with van der Waals surface area (Å²) in [6, 6.07) is 0. The average Bonchev–Trinajstić information content (AvgIpc) is 2.27. The lowest BCUT2D eigenvalue weighted by Gasteiger charge is -2.11. The number of carbonyl (C=O) groups is 1. The number of hydrogen-bond donors (Lipinski definition) is 0. The number of nitrogens with zero attached hydrogens (tertiary/aromatic N) is 1. The van der Waals surface area contributed by atoms with Crippen molar-refractivity contribution in [3.63, 3.8) is 0 Å². The third-order valence-electron chi connectivity index (χ3n) is 1.84. The third kappa shape index (κ3) is 2.21. The van der Waals surface area contributed by atoms with E-state index in [1.54, 1.807) is 0 Å². The van der Waals surface area contributed by atoms with E-state index >= 15 is 0 Å². The van der Waals surface area contributed by atoms with Crippen molar-refractivity contribution < 1.29 is 23.0 Å². The summed E-state index contributed by atoms with van der Waals surface area (Å²) in [5.74, 6) is -1.21. The Morgan fingerprint density at radius 2 is 2.12 bits per heavy atom. The first-order chi connectivity index (χ1) is 7.52. The highest BCUT2D eigenvalue weighted by Gasteiger charge is 2.27. The zero-order chi connectivity index (χ0) is 12.3. The van der Waals surface area contributed by atoms with Gasteiger partial charge < -0.3 is 9.47 Å². The van der Waals surface area contributed by atoms with Crippen molar-refractivity contribution in [3.8, 4) is 5.88 Å². The van der Waals surface area contributed by atoms with E-state index in [0.29, 0.717) is 0 Å². The average molecular weight is 252 g/mol. The molecule has 0 atom stereocenters. The first kappa shape index (κ1) is 12.6. The van der Waals surface area contributed by atoms with Crippen LogP contribution in [0.25, 0.3) is 0 Å². The molecule has 1 rings (SSSR count). The van der Waals surface area contributed by atoms with Gasteiger partial charge in [-0.25, -0.2) is 18.6 Å². The molecule has 7 heteroatoms. The summed E-state index contributed by atoms with van der Waals surface area (Å²) in [4.78, 5) is 15.0. The van der Waals surface area contributed by atoms with Gasteiger partial charge in [0.25, 0.3) is 6.43 Å². The van der Waals surface area contributed by atoms with Crippen molar-refractivity contribution in [2.45, 2.75) is 6.43 Å². The molecular formula is C9H8ClF2NO3. The molecule has 1 aromatic heterocycles. The molecule has 0 spiro atoms. The van der Waals surface area contributed by atoms with Crippen molar-refractivity contribution >= 4 is 17.6 Å². The van der Waals surface area contributed by atoms with E-state index in [1.807, 2.05) is 0 Å². The number of alkyl halides is 2. The fourth-order valence-corrected chi connectivity index (χ4v) is 1.38. The summed E-state index contributed by atoms with van der Waals surface area (Å²) in [6.45, 7) is 0. The first-order valence-electron chi connectivity index (χ1n) is 4.11. The van der Waals surface area contributed by atoms with E-state index in [9.17, 15) is 13.6 Å². The predicted octanol–water partition coefficient (Wildman–Crippen LogP) is 2.47. The van der Waals surface area contributed by atoms with Crippen molar-refractivity contribution in [3.05, 3.63) is 22.3 Å². The minimum Gasteiger partial charge on any atom is -0.480 e. The number of pyridine rings is 1. The Kier molecular flexibility index (Phi) is 4.00. The molecule has 16 heavy (non-hydrogen) atoms. The smallest absolute Gasteiger partial charge is 0.343 e. The van der Waals surface area contributed by atoms with Gasteiger partial charge in [0.15, 0.2) is 0 Å². The largest absolute Gasteiger partial charge is 0.480 e. The van der Waals surface area contributed by atoms with Crippen LogP contribution < -0.4 is 4.74 Å². The van der Waals surface area contributed by atoms with E-state index in [4.69, 9.17) is 16.3 Å². The number of esters is 1. The molecule has 0 amide bonds. The molecule has 0 unspecified atom stereocenters. The molecule has 0 saturated carbocycles. The topological polar surface area (TPSA) is 48.4 Å². The van der Waals surface area contributed by atoms with Gasteiger partial charge in [-0.15, -0.1) is 0 Å². The van der Waals surface area contributed by atoms with Crippen LogP contribution in [0.2, 0.25) is 5.02 Å². The minimum atomic E-state index is -2.92. The zero-order valence-electron chi connectivity index (χ0n) is 8.46. The van der Waals surface area contributed by atoms with Gasteiger partial charge in [-0.3, -0.25) is 0 Å². The number of methoxy groups -OCH3 is 2. The highest BCUT2D eigenvalue weighted by atomic mass is 35.5. The first-order valence-corrected chi connectivity index (χ1v) is 4.49. The zero-order valence-corrected chi connectivity index (χ0v) is 9.22. The van der Waals surface area contributed by atoms with Gasteiger partial charge in [0.1, 0.15) is 5.56 Å². The second-order valence-electron chi connectivity index (χ2n) is 2.70. The molecule has 0 N–H and O–H groups in total. The summed E-state index contributed by atoms with van der Waals surface area (Å²) < 4.78 is 34.5. The van der Waals surface area contributed by atoms with Gasteiger partial charge >= 0.3 is 5.97 Å². The van der Waals surface area contributed by atoms with Crippen LogP contribution >= 0.6 is 11.6 Å².